The fourth-order valence-electron chi connectivity index (χ4n) is 1.91. The molecule has 1 N–H and O–H groups in total. The molecule has 100 valence electrons. The number of hydrogen-bond donors (Lipinski definition) is 1. The van der Waals surface area contributed by atoms with Gasteiger partial charge in [-0.2, -0.15) is 0 Å². The van der Waals surface area contributed by atoms with Crippen LogP contribution in [0.1, 0.15) is 38.1 Å². The van der Waals surface area contributed by atoms with Gasteiger partial charge in [0.1, 0.15) is 0 Å². The number of thiophene rings is 1. The Labute approximate surface area is 122 Å². The number of halogens is 1. The van der Waals surface area contributed by atoms with Crippen LogP contribution in [-0.4, -0.2) is 17.0 Å². The summed E-state index contributed by atoms with van der Waals surface area (Å²) in [5.74, 6) is 1.78. The monoisotopic (exact) mass is 302 g/mol. The molecule has 0 fully saturated rings. The SMILES string of the molecule is CC(NC1=NC(C(C)C)CCS1)c1ccc(Cl)s1. The van der Waals surface area contributed by atoms with Crippen LogP contribution in [0.3, 0.4) is 0 Å². The Balaban J connectivity index is 2.00. The molecule has 0 saturated carbocycles. The Kier molecular flexibility index (Phi) is 4.98. The third kappa shape index (κ3) is 3.65. The van der Waals surface area contributed by atoms with Crippen molar-refractivity contribution in [1.82, 2.24) is 5.32 Å². The van der Waals surface area contributed by atoms with Gasteiger partial charge in [-0.05, 0) is 31.4 Å². The highest BCUT2D eigenvalue weighted by molar-refractivity contribution is 8.13. The van der Waals surface area contributed by atoms with Crippen molar-refractivity contribution in [2.75, 3.05) is 5.75 Å². The summed E-state index contributed by atoms with van der Waals surface area (Å²) in [6, 6.07) is 4.78. The van der Waals surface area contributed by atoms with Crippen LogP contribution in [0.2, 0.25) is 4.34 Å². The highest BCUT2D eigenvalue weighted by Gasteiger charge is 2.20. The van der Waals surface area contributed by atoms with Gasteiger partial charge >= 0.3 is 0 Å². The van der Waals surface area contributed by atoms with E-state index in [0.29, 0.717) is 12.0 Å². The van der Waals surface area contributed by atoms with Crippen LogP contribution >= 0.6 is 34.7 Å². The van der Waals surface area contributed by atoms with E-state index in [0.717, 1.165) is 15.3 Å². The average Bonchev–Trinajstić information content (AvgIpc) is 2.76. The first-order chi connectivity index (χ1) is 8.56. The van der Waals surface area contributed by atoms with Gasteiger partial charge in [0.25, 0.3) is 0 Å². The molecule has 0 aromatic carbocycles. The Hall–Kier alpha value is -0.190. The Morgan fingerprint density at radius 2 is 2.17 bits per heavy atom. The van der Waals surface area contributed by atoms with Gasteiger partial charge in [0.15, 0.2) is 5.17 Å². The molecule has 1 aromatic heterocycles. The molecule has 2 heterocycles. The van der Waals surface area contributed by atoms with Crippen molar-refractivity contribution in [3.05, 3.63) is 21.3 Å². The Morgan fingerprint density at radius 1 is 1.39 bits per heavy atom. The van der Waals surface area contributed by atoms with Crippen LogP contribution < -0.4 is 5.32 Å². The topological polar surface area (TPSA) is 24.4 Å². The molecular weight excluding hydrogens is 284 g/mol. The molecule has 2 nitrogen and oxygen atoms in total. The lowest BCUT2D eigenvalue weighted by Crippen LogP contribution is -2.30. The summed E-state index contributed by atoms with van der Waals surface area (Å²) in [4.78, 5) is 6.05. The standard InChI is InChI=1S/C13H19ClN2S2/c1-8(2)10-6-7-17-13(16-10)15-9(3)11-4-5-12(14)18-11/h4-5,8-10H,6-7H2,1-3H3,(H,15,16). The zero-order valence-electron chi connectivity index (χ0n) is 10.9. The predicted molar refractivity (Wildman–Crippen MR) is 84.0 cm³/mol. The number of rotatable bonds is 3. The third-order valence-electron chi connectivity index (χ3n) is 3.07. The molecule has 2 unspecified atom stereocenters. The minimum absolute atomic E-state index is 0.277. The molecule has 1 aromatic rings. The number of amidine groups is 1. The molecule has 0 spiro atoms. The Morgan fingerprint density at radius 3 is 2.78 bits per heavy atom. The maximum atomic E-state index is 5.97. The summed E-state index contributed by atoms with van der Waals surface area (Å²) < 4.78 is 0.844. The van der Waals surface area contributed by atoms with Gasteiger partial charge in [-0.25, -0.2) is 0 Å². The van der Waals surface area contributed by atoms with Crippen molar-refractivity contribution in [2.24, 2.45) is 10.9 Å². The number of hydrogen-bond acceptors (Lipinski definition) is 4. The summed E-state index contributed by atoms with van der Waals surface area (Å²) >= 11 is 9.42. The van der Waals surface area contributed by atoms with E-state index in [-0.39, 0.29) is 6.04 Å². The van der Waals surface area contributed by atoms with Crippen LogP contribution in [0.5, 0.6) is 0 Å². The van der Waals surface area contributed by atoms with E-state index in [4.69, 9.17) is 16.6 Å². The molecule has 0 aliphatic carbocycles. The van der Waals surface area contributed by atoms with Gasteiger partial charge in [0, 0.05) is 10.6 Å². The maximum Gasteiger partial charge on any atom is 0.157 e. The molecule has 2 atom stereocenters. The van der Waals surface area contributed by atoms with Crippen LogP contribution in [0.4, 0.5) is 0 Å². The lowest BCUT2D eigenvalue weighted by Gasteiger charge is -2.25. The van der Waals surface area contributed by atoms with Gasteiger partial charge in [-0.3, -0.25) is 4.99 Å². The average molecular weight is 303 g/mol. The quantitative estimate of drug-likeness (QED) is 0.884. The highest BCUT2D eigenvalue weighted by atomic mass is 35.5. The summed E-state index contributed by atoms with van der Waals surface area (Å²) in [5.41, 5.74) is 0. The second-order valence-corrected chi connectivity index (χ2v) is 7.72. The smallest absolute Gasteiger partial charge is 0.157 e. The molecule has 5 heteroatoms. The van der Waals surface area contributed by atoms with E-state index < -0.39 is 0 Å². The summed E-state index contributed by atoms with van der Waals surface area (Å²) in [7, 11) is 0. The van der Waals surface area contributed by atoms with Gasteiger partial charge in [0.05, 0.1) is 16.4 Å². The molecule has 2 rings (SSSR count). The first kappa shape index (κ1) is 14.2. The first-order valence-corrected chi connectivity index (χ1v) is 8.46. The van der Waals surface area contributed by atoms with Crippen LogP contribution in [0, 0.1) is 5.92 Å². The van der Waals surface area contributed by atoms with E-state index in [1.54, 1.807) is 11.3 Å². The minimum atomic E-state index is 0.277. The fourth-order valence-corrected chi connectivity index (χ4v) is 3.99. The van der Waals surface area contributed by atoms with E-state index in [2.05, 4.69) is 32.2 Å². The van der Waals surface area contributed by atoms with Crippen molar-refractivity contribution in [3.63, 3.8) is 0 Å². The first-order valence-electron chi connectivity index (χ1n) is 6.28. The van der Waals surface area contributed by atoms with Crippen molar-refractivity contribution < 1.29 is 0 Å². The molecule has 1 aliphatic heterocycles. The summed E-state index contributed by atoms with van der Waals surface area (Å²) in [6.45, 7) is 6.64. The van der Waals surface area contributed by atoms with Crippen molar-refractivity contribution >= 4 is 39.9 Å². The molecule has 0 amide bonds. The molecule has 0 saturated heterocycles. The molecular formula is C13H19ClN2S2. The normalized spacial score (nSPS) is 21.8. The lowest BCUT2D eigenvalue weighted by atomic mass is 10.0. The van der Waals surface area contributed by atoms with Gasteiger partial charge in [-0.15, -0.1) is 11.3 Å². The highest BCUT2D eigenvalue weighted by Crippen LogP contribution is 2.28. The Bertz CT molecular complexity index is 428. The van der Waals surface area contributed by atoms with E-state index in [1.165, 1.54) is 11.3 Å². The van der Waals surface area contributed by atoms with Crippen LogP contribution in [0.15, 0.2) is 17.1 Å². The van der Waals surface area contributed by atoms with Gasteiger partial charge in [0.2, 0.25) is 0 Å². The van der Waals surface area contributed by atoms with Gasteiger partial charge < -0.3 is 5.32 Å². The van der Waals surface area contributed by atoms with Crippen LogP contribution in [-0.2, 0) is 0 Å². The second kappa shape index (κ2) is 6.31. The number of aliphatic imine (C=N–C) groups is 1. The predicted octanol–water partition coefficient (Wildman–Crippen LogP) is 4.57. The van der Waals surface area contributed by atoms with E-state index in [1.807, 2.05) is 17.8 Å². The number of thioether (sulfide) groups is 1. The van der Waals surface area contributed by atoms with Crippen molar-refractivity contribution in [2.45, 2.75) is 39.3 Å². The lowest BCUT2D eigenvalue weighted by molar-refractivity contribution is 0.482. The molecule has 18 heavy (non-hydrogen) atoms. The van der Waals surface area contributed by atoms with Crippen molar-refractivity contribution in [3.8, 4) is 0 Å². The second-order valence-electron chi connectivity index (χ2n) is 4.89. The fraction of sp³-hybridized carbons (Fsp3) is 0.615. The summed E-state index contributed by atoms with van der Waals surface area (Å²) in [6.07, 6.45) is 1.19. The molecule has 1 aliphatic rings. The van der Waals surface area contributed by atoms with E-state index >= 15 is 0 Å². The zero-order valence-corrected chi connectivity index (χ0v) is 13.3. The molecule has 0 bridgehead atoms. The largest absolute Gasteiger partial charge is 0.358 e. The molecule has 0 radical (unpaired) electrons. The third-order valence-corrected chi connectivity index (χ3v) is 5.42. The summed E-state index contributed by atoms with van der Waals surface area (Å²) in [5, 5.41) is 4.58. The zero-order chi connectivity index (χ0) is 13.1. The van der Waals surface area contributed by atoms with E-state index in [9.17, 15) is 0 Å². The number of nitrogens with one attached hydrogen (secondary N) is 1. The van der Waals surface area contributed by atoms with Crippen molar-refractivity contribution in [1.29, 1.82) is 0 Å². The maximum absolute atomic E-state index is 5.97. The van der Waals surface area contributed by atoms with Gasteiger partial charge in [-0.1, -0.05) is 37.2 Å². The number of nitrogens with zero attached hydrogens (tertiary/aromatic N) is 1. The van der Waals surface area contributed by atoms with Crippen LogP contribution in [0.25, 0.3) is 0 Å². The minimum Gasteiger partial charge on any atom is -0.358 e.